The molecule has 32 heavy (non-hydrogen) atoms. The highest BCUT2D eigenvalue weighted by atomic mass is 19.3. The predicted octanol–water partition coefficient (Wildman–Crippen LogP) is 3.39. The van der Waals surface area contributed by atoms with E-state index in [4.69, 9.17) is 9.84 Å². The Labute approximate surface area is 183 Å². The van der Waals surface area contributed by atoms with Gasteiger partial charge in [0.05, 0.1) is 6.54 Å². The molecule has 0 bridgehead atoms. The number of hydrogen-bond acceptors (Lipinski definition) is 4. The third kappa shape index (κ3) is 4.87. The summed E-state index contributed by atoms with van der Waals surface area (Å²) in [7, 11) is 0. The molecule has 2 amide bonds. The Hall–Kier alpha value is -3.49. The average molecular weight is 446 g/mol. The third-order valence-corrected chi connectivity index (χ3v) is 5.36. The van der Waals surface area contributed by atoms with E-state index in [1.54, 1.807) is 13.8 Å². The van der Waals surface area contributed by atoms with Crippen LogP contribution in [0, 0.1) is 5.92 Å². The number of alkyl halides is 2. The first-order valence-corrected chi connectivity index (χ1v) is 10.1. The molecule has 2 aromatic rings. The molecule has 1 atom stereocenters. The Morgan fingerprint density at radius 2 is 1.56 bits per heavy atom. The highest BCUT2D eigenvalue weighted by Gasteiger charge is 2.40. The lowest BCUT2D eigenvalue weighted by Crippen LogP contribution is -2.53. The smallest absolute Gasteiger partial charge is 0.407 e. The third-order valence-electron chi connectivity index (χ3n) is 5.36. The first-order valence-electron chi connectivity index (χ1n) is 10.1. The Kier molecular flexibility index (Phi) is 6.76. The first kappa shape index (κ1) is 23.2. The number of benzene rings is 2. The van der Waals surface area contributed by atoms with Crippen molar-refractivity contribution in [3.8, 4) is 11.1 Å². The van der Waals surface area contributed by atoms with Gasteiger partial charge < -0.3 is 20.5 Å². The van der Waals surface area contributed by atoms with Gasteiger partial charge in [0.1, 0.15) is 12.6 Å². The number of carbonyl (C=O) groups is 3. The largest absolute Gasteiger partial charge is 0.477 e. The zero-order valence-corrected chi connectivity index (χ0v) is 17.6. The first-order chi connectivity index (χ1) is 15.1. The van der Waals surface area contributed by atoms with Crippen molar-refractivity contribution >= 4 is 18.0 Å². The van der Waals surface area contributed by atoms with E-state index >= 15 is 0 Å². The van der Waals surface area contributed by atoms with E-state index in [9.17, 15) is 23.2 Å². The van der Waals surface area contributed by atoms with Crippen molar-refractivity contribution in [1.29, 1.82) is 0 Å². The Balaban J connectivity index is 1.63. The summed E-state index contributed by atoms with van der Waals surface area (Å²) in [6.07, 6.45) is -0.870. The van der Waals surface area contributed by atoms with Gasteiger partial charge in [0.25, 0.3) is 0 Å². The summed E-state index contributed by atoms with van der Waals surface area (Å²) < 4.78 is 31.9. The molecule has 170 valence electrons. The highest BCUT2D eigenvalue weighted by Crippen LogP contribution is 2.44. The van der Waals surface area contributed by atoms with Crippen molar-refractivity contribution < 1.29 is 33.0 Å². The van der Waals surface area contributed by atoms with Gasteiger partial charge in [-0.1, -0.05) is 62.4 Å². The normalized spacial score (nSPS) is 13.8. The summed E-state index contributed by atoms with van der Waals surface area (Å²) in [6.45, 7) is 1.88. The molecule has 0 spiro atoms. The van der Waals surface area contributed by atoms with Crippen LogP contribution in [0.5, 0.6) is 0 Å². The summed E-state index contributed by atoms with van der Waals surface area (Å²) in [4.78, 5) is 35.2. The monoisotopic (exact) mass is 446 g/mol. The molecule has 3 N–H and O–H groups in total. The number of nitrogens with one attached hydrogen (secondary N) is 2. The Morgan fingerprint density at radius 3 is 2.06 bits per heavy atom. The van der Waals surface area contributed by atoms with Crippen molar-refractivity contribution in [2.75, 3.05) is 13.2 Å². The van der Waals surface area contributed by atoms with E-state index in [0.717, 1.165) is 22.3 Å². The lowest BCUT2D eigenvalue weighted by molar-refractivity contribution is -0.164. The van der Waals surface area contributed by atoms with Gasteiger partial charge in [-0.25, -0.2) is 9.59 Å². The molecule has 0 radical (unpaired) electrons. The second kappa shape index (κ2) is 9.33. The number of rotatable bonds is 8. The van der Waals surface area contributed by atoms with Crippen molar-refractivity contribution in [3.05, 3.63) is 59.7 Å². The standard InChI is InChI=1S/C23H24F2N2O5/c1-13(2)19(20(28)26-12-23(24,25)21(29)30)27-22(31)32-11-18-16-9-5-3-7-14(16)15-8-4-6-10-17(15)18/h3-10,13,18-19H,11-12H2,1-2H3,(H,26,28)(H,27,31)(H,29,30). The number of aliphatic carboxylic acids is 1. The molecule has 0 saturated heterocycles. The molecular formula is C23H24F2N2O5. The predicted molar refractivity (Wildman–Crippen MR) is 112 cm³/mol. The number of fused-ring (bicyclic) bond motifs is 3. The van der Waals surface area contributed by atoms with E-state index in [1.807, 2.05) is 53.8 Å². The lowest BCUT2D eigenvalue weighted by atomic mass is 9.98. The summed E-state index contributed by atoms with van der Waals surface area (Å²) in [5, 5.41) is 12.7. The molecule has 1 aliphatic rings. The fourth-order valence-electron chi connectivity index (χ4n) is 3.69. The maximum atomic E-state index is 13.2. The summed E-state index contributed by atoms with van der Waals surface area (Å²) in [6, 6.07) is 14.4. The Morgan fingerprint density at radius 1 is 1.03 bits per heavy atom. The van der Waals surface area contributed by atoms with Crippen molar-refractivity contribution in [2.24, 2.45) is 5.92 Å². The van der Waals surface area contributed by atoms with Crippen LogP contribution in [0.1, 0.15) is 30.9 Å². The fourth-order valence-corrected chi connectivity index (χ4v) is 3.69. The lowest BCUT2D eigenvalue weighted by Gasteiger charge is -2.23. The van der Waals surface area contributed by atoms with Crippen LogP contribution in [0.4, 0.5) is 13.6 Å². The molecule has 0 saturated carbocycles. The number of carbonyl (C=O) groups excluding carboxylic acids is 2. The molecule has 1 unspecified atom stereocenters. The molecule has 0 heterocycles. The summed E-state index contributed by atoms with van der Waals surface area (Å²) in [5.41, 5.74) is 4.18. The molecule has 0 fully saturated rings. The van der Waals surface area contributed by atoms with Gasteiger partial charge >= 0.3 is 18.0 Å². The number of amides is 2. The van der Waals surface area contributed by atoms with Crippen LogP contribution in [0.3, 0.4) is 0 Å². The number of ether oxygens (including phenoxy) is 1. The van der Waals surface area contributed by atoms with Crippen LogP contribution in [0.25, 0.3) is 11.1 Å². The molecule has 0 aromatic heterocycles. The molecule has 9 heteroatoms. The molecule has 7 nitrogen and oxygen atoms in total. The van der Waals surface area contributed by atoms with E-state index in [-0.39, 0.29) is 12.5 Å². The van der Waals surface area contributed by atoms with Crippen molar-refractivity contribution in [3.63, 3.8) is 0 Å². The minimum absolute atomic E-state index is 0.0311. The number of hydrogen-bond donors (Lipinski definition) is 3. The topological polar surface area (TPSA) is 105 Å². The average Bonchev–Trinajstić information content (AvgIpc) is 3.08. The van der Waals surface area contributed by atoms with Gasteiger partial charge in [-0.05, 0) is 28.2 Å². The molecule has 2 aromatic carbocycles. The maximum Gasteiger partial charge on any atom is 0.407 e. The fraction of sp³-hybridized carbons (Fsp3) is 0.348. The minimum atomic E-state index is -4.11. The van der Waals surface area contributed by atoms with Crippen LogP contribution < -0.4 is 10.6 Å². The van der Waals surface area contributed by atoms with Crippen LogP contribution >= 0.6 is 0 Å². The van der Waals surface area contributed by atoms with E-state index in [2.05, 4.69) is 5.32 Å². The van der Waals surface area contributed by atoms with E-state index in [1.165, 1.54) is 0 Å². The Bertz CT molecular complexity index is 979. The van der Waals surface area contributed by atoms with Crippen molar-refractivity contribution in [1.82, 2.24) is 10.6 Å². The number of carboxylic acids is 1. The van der Waals surface area contributed by atoms with Gasteiger partial charge in [-0.15, -0.1) is 0 Å². The zero-order chi connectivity index (χ0) is 23.5. The molecule has 3 rings (SSSR count). The van der Waals surface area contributed by atoms with Gasteiger partial charge in [-0.3, -0.25) is 4.79 Å². The van der Waals surface area contributed by atoms with Crippen LogP contribution in [-0.2, 0) is 14.3 Å². The second-order valence-corrected chi connectivity index (χ2v) is 7.92. The number of alkyl carbamates (subject to hydrolysis) is 1. The minimum Gasteiger partial charge on any atom is -0.477 e. The molecular weight excluding hydrogens is 422 g/mol. The SMILES string of the molecule is CC(C)C(NC(=O)OCC1c2ccccc2-c2ccccc21)C(=O)NCC(F)(F)C(=O)O. The van der Waals surface area contributed by atoms with E-state index in [0.29, 0.717) is 0 Å². The van der Waals surface area contributed by atoms with Gasteiger partial charge in [0.2, 0.25) is 5.91 Å². The molecule has 0 aliphatic heterocycles. The second-order valence-electron chi connectivity index (χ2n) is 7.92. The van der Waals surface area contributed by atoms with Crippen LogP contribution in [0.15, 0.2) is 48.5 Å². The molecule has 1 aliphatic carbocycles. The quantitative estimate of drug-likeness (QED) is 0.577. The zero-order valence-electron chi connectivity index (χ0n) is 17.6. The number of halogens is 2. The summed E-state index contributed by atoms with van der Waals surface area (Å²) >= 11 is 0. The summed E-state index contributed by atoms with van der Waals surface area (Å²) in [5.74, 6) is -8.00. The maximum absolute atomic E-state index is 13.2. The van der Waals surface area contributed by atoms with Gasteiger partial charge in [0.15, 0.2) is 0 Å². The van der Waals surface area contributed by atoms with Crippen LogP contribution in [-0.4, -0.2) is 48.2 Å². The van der Waals surface area contributed by atoms with Gasteiger partial charge in [-0.2, -0.15) is 8.78 Å². The van der Waals surface area contributed by atoms with Crippen LogP contribution in [0.2, 0.25) is 0 Å². The van der Waals surface area contributed by atoms with Crippen molar-refractivity contribution in [2.45, 2.75) is 31.7 Å². The number of carboxylic acid groups (broad SMARTS) is 1. The van der Waals surface area contributed by atoms with E-state index < -0.39 is 42.4 Å². The highest BCUT2D eigenvalue weighted by molar-refractivity contribution is 5.87. The van der Waals surface area contributed by atoms with Gasteiger partial charge in [0, 0.05) is 5.92 Å².